The maximum Gasteiger partial charge on any atom is 0.00959 e. The SMILES string of the molecule is CC.CC.CC1CCC2CCCN2C1. The van der Waals surface area contributed by atoms with Crippen LogP contribution in [0.3, 0.4) is 0 Å². The fourth-order valence-electron chi connectivity index (χ4n) is 2.43. The van der Waals surface area contributed by atoms with Crippen LogP contribution in [0.5, 0.6) is 0 Å². The van der Waals surface area contributed by atoms with E-state index in [2.05, 4.69) is 11.8 Å². The maximum absolute atomic E-state index is 2.69. The molecule has 1 nitrogen and oxygen atoms in total. The molecule has 2 saturated heterocycles. The molecule has 0 N–H and O–H groups in total. The molecule has 1 heteroatoms. The molecule has 0 radical (unpaired) electrons. The van der Waals surface area contributed by atoms with Crippen LogP contribution in [-0.4, -0.2) is 24.0 Å². The van der Waals surface area contributed by atoms with E-state index in [1.54, 1.807) is 0 Å². The summed E-state index contributed by atoms with van der Waals surface area (Å²) >= 11 is 0. The van der Waals surface area contributed by atoms with Gasteiger partial charge in [-0.25, -0.2) is 0 Å². The Bertz CT molecular complexity index is 122. The van der Waals surface area contributed by atoms with Crippen molar-refractivity contribution in [3.63, 3.8) is 0 Å². The average Bonchev–Trinajstić information content (AvgIpc) is 2.71. The summed E-state index contributed by atoms with van der Waals surface area (Å²) < 4.78 is 0. The molecule has 0 aromatic heterocycles. The topological polar surface area (TPSA) is 3.24 Å². The molecule has 0 bridgehead atoms. The highest BCUT2D eigenvalue weighted by Gasteiger charge is 2.29. The van der Waals surface area contributed by atoms with Crippen molar-refractivity contribution in [3.8, 4) is 0 Å². The van der Waals surface area contributed by atoms with Gasteiger partial charge in [-0.1, -0.05) is 34.6 Å². The summed E-state index contributed by atoms with van der Waals surface area (Å²) in [4.78, 5) is 2.69. The Morgan fingerprint density at radius 1 is 0.929 bits per heavy atom. The molecule has 0 spiro atoms. The smallest absolute Gasteiger partial charge is 0.00959 e. The maximum atomic E-state index is 2.69. The zero-order valence-electron chi connectivity index (χ0n) is 10.8. The zero-order valence-corrected chi connectivity index (χ0v) is 10.8. The first-order valence-electron chi connectivity index (χ1n) is 6.60. The number of rotatable bonds is 0. The predicted octanol–water partition coefficient (Wildman–Crippen LogP) is 3.93. The Kier molecular flexibility index (Phi) is 8.26. The van der Waals surface area contributed by atoms with Gasteiger partial charge in [0, 0.05) is 12.6 Å². The minimum Gasteiger partial charge on any atom is -0.300 e. The summed E-state index contributed by atoms with van der Waals surface area (Å²) in [6.45, 7) is 13.1. The van der Waals surface area contributed by atoms with Crippen molar-refractivity contribution in [2.45, 2.75) is 66.3 Å². The Labute approximate surface area is 90.9 Å². The summed E-state index contributed by atoms with van der Waals surface area (Å²) in [6, 6.07) is 0.983. The van der Waals surface area contributed by atoms with Gasteiger partial charge in [0.05, 0.1) is 0 Å². The first kappa shape index (κ1) is 14.0. The largest absolute Gasteiger partial charge is 0.300 e. The second kappa shape index (κ2) is 8.28. The molecule has 0 aromatic carbocycles. The van der Waals surface area contributed by atoms with Crippen molar-refractivity contribution in [1.82, 2.24) is 4.90 Å². The molecular weight excluding hydrogens is 170 g/mol. The van der Waals surface area contributed by atoms with Crippen LogP contribution in [0.1, 0.15) is 60.3 Å². The molecule has 0 amide bonds. The van der Waals surface area contributed by atoms with Gasteiger partial charge in [0.1, 0.15) is 0 Å². The van der Waals surface area contributed by atoms with Gasteiger partial charge in [0.15, 0.2) is 0 Å². The molecule has 2 heterocycles. The lowest BCUT2D eigenvalue weighted by Crippen LogP contribution is -2.37. The summed E-state index contributed by atoms with van der Waals surface area (Å²) in [5.74, 6) is 0.967. The third-order valence-electron chi connectivity index (χ3n) is 3.04. The molecule has 2 aliphatic rings. The molecule has 14 heavy (non-hydrogen) atoms. The number of piperidine rings is 1. The second-order valence-corrected chi connectivity index (χ2v) is 3.97. The van der Waals surface area contributed by atoms with Gasteiger partial charge in [-0.3, -0.25) is 0 Å². The van der Waals surface area contributed by atoms with Crippen LogP contribution < -0.4 is 0 Å². The lowest BCUT2D eigenvalue weighted by molar-refractivity contribution is 0.156. The van der Waals surface area contributed by atoms with Gasteiger partial charge in [0.25, 0.3) is 0 Å². The standard InChI is InChI=1S/C9H17N.2C2H6/c1-8-4-5-9-3-2-6-10(9)7-8;2*1-2/h8-9H,2-7H2,1H3;2*1-2H3. The van der Waals surface area contributed by atoms with Crippen LogP contribution in [0.25, 0.3) is 0 Å². The molecule has 2 unspecified atom stereocenters. The van der Waals surface area contributed by atoms with E-state index in [-0.39, 0.29) is 0 Å². The van der Waals surface area contributed by atoms with Crippen LogP contribution in [0.2, 0.25) is 0 Å². The van der Waals surface area contributed by atoms with E-state index in [4.69, 9.17) is 0 Å². The summed E-state index contributed by atoms with van der Waals surface area (Å²) in [5.41, 5.74) is 0. The molecule has 2 aliphatic heterocycles. The van der Waals surface area contributed by atoms with E-state index in [0.717, 1.165) is 12.0 Å². The lowest BCUT2D eigenvalue weighted by Gasteiger charge is -2.33. The van der Waals surface area contributed by atoms with E-state index >= 15 is 0 Å². The molecule has 2 rings (SSSR count). The molecule has 2 fully saturated rings. The van der Waals surface area contributed by atoms with Gasteiger partial charge in [-0.2, -0.15) is 0 Å². The van der Waals surface area contributed by atoms with Crippen molar-refractivity contribution in [1.29, 1.82) is 0 Å². The Morgan fingerprint density at radius 3 is 2.21 bits per heavy atom. The first-order chi connectivity index (χ1) is 6.86. The molecule has 0 aliphatic carbocycles. The quantitative estimate of drug-likeness (QED) is 0.571. The Balaban J connectivity index is 0.000000379. The fraction of sp³-hybridized carbons (Fsp3) is 1.00. The summed E-state index contributed by atoms with van der Waals surface area (Å²) in [7, 11) is 0. The third-order valence-corrected chi connectivity index (χ3v) is 3.04. The van der Waals surface area contributed by atoms with Gasteiger partial charge >= 0.3 is 0 Å². The van der Waals surface area contributed by atoms with Crippen molar-refractivity contribution in [3.05, 3.63) is 0 Å². The Hall–Kier alpha value is -0.0400. The van der Waals surface area contributed by atoms with Crippen LogP contribution in [0.15, 0.2) is 0 Å². The van der Waals surface area contributed by atoms with Crippen molar-refractivity contribution in [2.24, 2.45) is 5.92 Å². The van der Waals surface area contributed by atoms with E-state index in [1.807, 2.05) is 27.7 Å². The highest BCUT2D eigenvalue weighted by molar-refractivity contribution is 4.84. The molecular formula is C13H29N. The normalized spacial score (nSPS) is 30.6. The van der Waals surface area contributed by atoms with Crippen LogP contribution in [-0.2, 0) is 0 Å². The van der Waals surface area contributed by atoms with Crippen molar-refractivity contribution in [2.75, 3.05) is 13.1 Å². The van der Waals surface area contributed by atoms with E-state index in [1.165, 1.54) is 38.8 Å². The van der Waals surface area contributed by atoms with Crippen LogP contribution in [0.4, 0.5) is 0 Å². The van der Waals surface area contributed by atoms with Crippen molar-refractivity contribution >= 4 is 0 Å². The zero-order chi connectivity index (χ0) is 11.0. The van der Waals surface area contributed by atoms with E-state index in [9.17, 15) is 0 Å². The third kappa shape index (κ3) is 4.00. The average molecular weight is 199 g/mol. The molecule has 0 aromatic rings. The fourth-order valence-corrected chi connectivity index (χ4v) is 2.43. The second-order valence-electron chi connectivity index (χ2n) is 3.97. The Morgan fingerprint density at radius 2 is 1.57 bits per heavy atom. The molecule has 86 valence electrons. The minimum atomic E-state index is 0.967. The summed E-state index contributed by atoms with van der Waals surface area (Å²) in [5, 5.41) is 0. The number of hydrogen-bond acceptors (Lipinski definition) is 1. The number of hydrogen-bond donors (Lipinski definition) is 0. The van der Waals surface area contributed by atoms with Gasteiger partial charge in [-0.05, 0) is 38.1 Å². The van der Waals surface area contributed by atoms with Gasteiger partial charge < -0.3 is 4.90 Å². The monoisotopic (exact) mass is 199 g/mol. The highest BCUT2D eigenvalue weighted by atomic mass is 15.2. The van der Waals surface area contributed by atoms with Crippen LogP contribution >= 0.6 is 0 Å². The number of fused-ring (bicyclic) bond motifs is 1. The van der Waals surface area contributed by atoms with Crippen LogP contribution in [0, 0.1) is 5.92 Å². The van der Waals surface area contributed by atoms with Gasteiger partial charge in [-0.15, -0.1) is 0 Å². The van der Waals surface area contributed by atoms with E-state index in [0.29, 0.717) is 0 Å². The molecule has 0 saturated carbocycles. The minimum absolute atomic E-state index is 0.967. The summed E-state index contributed by atoms with van der Waals surface area (Å²) in [6.07, 6.45) is 5.88. The van der Waals surface area contributed by atoms with E-state index < -0.39 is 0 Å². The van der Waals surface area contributed by atoms with Crippen molar-refractivity contribution < 1.29 is 0 Å². The van der Waals surface area contributed by atoms with Gasteiger partial charge in [0.2, 0.25) is 0 Å². The lowest BCUT2D eigenvalue weighted by atomic mass is 9.95. The molecule has 2 atom stereocenters. The number of nitrogens with zero attached hydrogens (tertiary/aromatic N) is 1. The first-order valence-corrected chi connectivity index (χ1v) is 6.60. The predicted molar refractivity (Wildman–Crippen MR) is 65.7 cm³/mol. The highest BCUT2D eigenvalue weighted by Crippen LogP contribution is 2.28.